The van der Waals surface area contributed by atoms with Gasteiger partial charge in [-0.15, -0.1) is 0 Å². The van der Waals surface area contributed by atoms with E-state index in [0.717, 1.165) is 16.9 Å². The van der Waals surface area contributed by atoms with Gasteiger partial charge in [0.25, 0.3) is 0 Å². The molecule has 1 N–H and O–H groups in total. The predicted molar refractivity (Wildman–Crippen MR) is 73.9 cm³/mol. The summed E-state index contributed by atoms with van der Waals surface area (Å²) in [5.74, 6) is -0.0753. The molecular formula is C15H14N2O. The molecule has 0 bridgehead atoms. The molecule has 1 aromatic heterocycles. The highest BCUT2D eigenvalue weighted by molar-refractivity contribution is 5.92. The number of aromatic nitrogens is 1. The second kappa shape index (κ2) is 5.77. The monoisotopic (exact) mass is 238 g/mol. The Morgan fingerprint density at radius 1 is 1.11 bits per heavy atom. The average Bonchev–Trinajstić information content (AvgIpc) is 2.38. The third-order valence-corrected chi connectivity index (χ3v) is 2.39. The molecule has 1 amide bonds. The summed E-state index contributed by atoms with van der Waals surface area (Å²) in [5.41, 5.74) is 2.64. The van der Waals surface area contributed by atoms with Crippen molar-refractivity contribution in [2.24, 2.45) is 0 Å². The van der Waals surface area contributed by atoms with Crippen LogP contribution in [0.25, 0.3) is 12.2 Å². The number of nitrogens with zero attached hydrogens (tertiary/aromatic N) is 1. The van der Waals surface area contributed by atoms with Gasteiger partial charge >= 0.3 is 0 Å². The number of amides is 1. The molecule has 0 fully saturated rings. The minimum absolute atomic E-state index is 0.0753. The summed E-state index contributed by atoms with van der Waals surface area (Å²) in [6, 6.07) is 13.4. The van der Waals surface area contributed by atoms with Gasteiger partial charge in [0, 0.05) is 18.8 Å². The number of hydrogen-bond donors (Lipinski definition) is 1. The van der Waals surface area contributed by atoms with E-state index in [1.807, 2.05) is 54.6 Å². The molecule has 0 aliphatic heterocycles. The van der Waals surface area contributed by atoms with Gasteiger partial charge < -0.3 is 5.32 Å². The maximum Gasteiger partial charge on any atom is 0.221 e. The Balaban J connectivity index is 2.23. The van der Waals surface area contributed by atoms with Crippen molar-refractivity contribution in [2.75, 3.05) is 5.32 Å². The Kier molecular flexibility index (Phi) is 3.86. The first-order chi connectivity index (χ1) is 8.75. The lowest BCUT2D eigenvalue weighted by Gasteiger charge is -2.05. The van der Waals surface area contributed by atoms with Gasteiger partial charge in [0.1, 0.15) is 0 Å². The molecule has 2 aromatic rings. The second-order valence-electron chi connectivity index (χ2n) is 3.86. The van der Waals surface area contributed by atoms with Gasteiger partial charge in [-0.2, -0.15) is 0 Å². The SMILES string of the molecule is CC(=O)Nc1ccccc1/C=C/c1ccccn1. The number of carbonyl (C=O) groups excluding carboxylic acids is 1. The summed E-state index contributed by atoms with van der Waals surface area (Å²) in [6.07, 6.45) is 5.60. The van der Waals surface area contributed by atoms with E-state index in [2.05, 4.69) is 10.3 Å². The zero-order valence-electron chi connectivity index (χ0n) is 10.1. The van der Waals surface area contributed by atoms with E-state index in [4.69, 9.17) is 0 Å². The lowest BCUT2D eigenvalue weighted by Crippen LogP contribution is -2.06. The molecule has 0 aliphatic carbocycles. The molecule has 0 aliphatic rings. The fourth-order valence-electron chi connectivity index (χ4n) is 1.60. The van der Waals surface area contributed by atoms with Gasteiger partial charge in [-0.3, -0.25) is 9.78 Å². The lowest BCUT2D eigenvalue weighted by molar-refractivity contribution is -0.114. The summed E-state index contributed by atoms with van der Waals surface area (Å²) in [4.78, 5) is 15.3. The molecule has 3 heteroatoms. The molecule has 1 heterocycles. The fourth-order valence-corrected chi connectivity index (χ4v) is 1.60. The quantitative estimate of drug-likeness (QED) is 0.892. The lowest BCUT2D eigenvalue weighted by atomic mass is 10.1. The van der Waals surface area contributed by atoms with Crippen LogP contribution in [0, 0.1) is 0 Å². The third kappa shape index (κ3) is 3.28. The Labute approximate surface area is 106 Å². The van der Waals surface area contributed by atoms with Crippen LogP contribution in [0.1, 0.15) is 18.2 Å². The van der Waals surface area contributed by atoms with Gasteiger partial charge in [-0.25, -0.2) is 0 Å². The van der Waals surface area contributed by atoms with Crippen molar-refractivity contribution in [1.82, 2.24) is 4.98 Å². The fraction of sp³-hybridized carbons (Fsp3) is 0.0667. The van der Waals surface area contributed by atoms with Crippen LogP contribution in [0.15, 0.2) is 48.7 Å². The number of para-hydroxylation sites is 1. The van der Waals surface area contributed by atoms with E-state index < -0.39 is 0 Å². The van der Waals surface area contributed by atoms with Crippen molar-refractivity contribution in [2.45, 2.75) is 6.92 Å². The molecule has 0 saturated carbocycles. The number of pyridine rings is 1. The number of rotatable bonds is 3. The van der Waals surface area contributed by atoms with Crippen molar-refractivity contribution >= 4 is 23.7 Å². The van der Waals surface area contributed by atoms with E-state index in [0.29, 0.717) is 0 Å². The third-order valence-electron chi connectivity index (χ3n) is 2.39. The number of anilines is 1. The van der Waals surface area contributed by atoms with Crippen LogP contribution >= 0.6 is 0 Å². The van der Waals surface area contributed by atoms with Crippen molar-refractivity contribution in [3.63, 3.8) is 0 Å². The second-order valence-corrected chi connectivity index (χ2v) is 3.86. The summed E-state index contributed by atoms with van der Waals surface area (Å²) in [7, 11) is 0. The summed E-state index contributed by atoms with van der Waals surface area (Å²) < 4.78 is 0. The van der Waals surface area contributed by atoms with Crippen LogP contribution in [-0.2, 0) is 4.79 Å². The molecule has 18 heavy (non-hydrogen) atoms. The minimum Gasteiger partial charge on any atom is -0.326 e. The topological polar surface area (TPSA) is 42.0 Å². The summed E-state index contributed by atoms with van der Waals surface area (Å²) >= 11 is 0. The normalized spacial score (nSPS) is 10.5. The standard InChI is InChI=1S/C15H14N2O/c1-12(18)17-15-8-3-2-6-13(15)9-10-14-7-4-5-11-16-14/h2-11H,1H3,(H,17,18)/b10-9+. The van der Waals surface area contributed by atoms with E-state index in [9.17, 15) is 4.79 Å². The van der Waals surface area contributed by atoms with Crippen molar-refractivity contribution in [3.8, 4) is 0 Å². The average molecular weight is 238 g/mol. The first kappa shape index (κ1) is 12.0. The summed E-state index contributed by atoms with van der Waals surface area (Å²) in [6.45, 7) is 1.50. The highest BCUT2D eigenvalue weighted by atomic mass is 16.1. The van der Waals surface area contributed by atoms with Crippen LogP contribution < -0.4 is 5.32 Å². The highest BCUT2D eigenvalue weighted by Crippen LogP contribution is 2.17. The Hall–Kier alpha value is -2.42. The Morgan fingerprint density at radius 2 is 1.89 bits per heavy atom. The maximum absolute atomic E-state index is 11.1. The largest absolute Gasteiger partial charge is 0.326 e. The van der Waals surface area contributed by atoms with Crippen LogP contribution in [0.4, 0.5) is 5.69 Å². The van der Waals surface area contributed by atoms with Gasteiger partial charge in [0.15, 0.2) is 0 Å². The Morgan fingerprint density at radius 3 is 2.61 bits per heavy atom. The summed E-state index contributed by atoms with van der Waals surface area (Å²) in [5, 5.41) is 2.80. The van der Waals surface area contributed by atoms with Crippen LogP contribution in [0.2, 0.25) is 0 Å². The zero-order chi connectivity index (χ0) is 12.8. The number of nitrogens with one attached hydrogen (secondary N) is 1. The first-order valence-corrected chi connectivity index (χ1v) is 5.71. The van der Waals surface area contributed by atoms with Crippen molar-refractivity contribution in [3.05, 3.63) is 59.9 Å². The molecule has 0 unspecified atom stereocenters. The molecule has 0 atom stereocenters. The zero-order valence-corrected chi connectivity index (χ0v) is 10.1. The Bertz CT molecular complexity index is 562. The van der Waals surface area contributed by atoms with E-state index in [1.165, 1.54) is 6.92 Å². The van der Waals surface area contributed by atoms with E-state index in [1.54, 1.807) is 6.20 Å². The molecular weight excluding hydrogens is 224 g/mol. The van der Waals surface area contributed by atoms with Crippen LogP contribution in [0.5, 0.6) is 0 Å². The van der Waals surface area contributed by atoms with Crippen LogP contribution in [0.3, 0.4) is 0 Å². The molecule has 90 valence electrons. The molecule has 0 saturated heterocycles. The van der Waals surface area contributed by atoms with E-state index in [-0.39, 0.29) is 5.91 Å². The number of benzene rings is 1. The number of hydrogen-bond acceptors (Lipinski definition) is 2. The molecule has 0 spiro atoms. The van der Waals surface area contributed by atoms with Gasteiger partial charge in [0.2, 0.25) is 5.91 Å². The maximum atomic E-state index is 11.1. The minimum atomic E-state index is -0.0753. The van der Waals surface area contributed by atoms with Gasteiger partial charge in [0.05, 0.1) is 5.69 Å². The molecule has 0 radical (unpaired) electrons. The highest BCUT2D eigenvalue weighted by Gasteiger charge is 1.99. The van der Waals surface area contributed by atoms with E-state index >= 15 is 0 Å². The van der Waals surface area contributed by atoms with Crippen LogP contribution in [-0.4, -0.2) is 10.9 Å². The number of carbonyl (C=O) groups is 1. The molecule has 2 rings (SSSR count). The molecule has 1 aromatic carbocycles. The van der Waals surface area contributed by atoms with Gasteiger partial charge in [-0.05, 0) is 29.8 Å². The molecule has 3 nitrogen and oxygen atoms in total. The smallest absolute Gasteiger partial charge is 0.221 e. The van der Waals surface area contributed by atoms with Gasteiger partial charge in [-0.1, -0.05) is 30.3 Å². The van der Waals surface area contributed by atoms with Crippen molar-refractivity contribution in [1.29, 1.82) is 0 Å². The predicted octanol–water partition coefficient (Wildman–Crippen LogP) is 3.21. The van der Waals surface area contributed by atoms with Crippen molar-refractivity contribution < 1.29 is 4.79 Å². The first-order valence-electron chi connectivity index (χ1n) is 5.71.